The van der Waals surface area contributed by atoms with Crippen LogP contribution in [-0.2, 0) is 17.7 Å². The Kier molecular flexibility index (Phi) is 6.90. The molecule has 0 N–H and O–H groups in total. The summed E-state index contributed by atoms with van der Waals surface area (Å²) in [5.74, 6) is 1.44. The zero-order chi connectivity index (χ0) is 26.1. The van der Waals surface area contributed by atoms with E-state index in [2.05, 4.69) is 41.5 Å². The Bertz CT molecular complexity index is 1450. The van der Waals surface area contributed by atoms with Crippen LogP contribution in [0.25, 0.3) is 17.1 Å². The van der Waals surface area contributed by atoms with Crippen LogP contribution in [0.15, 0.2) is 36.7 Å². The van der Waals surface area contributed by atoms with Gasteiger partial charge in [0, 0.05) is 48.2 Å². The quantitative estimate of drug-likeness (QED) is 0.308. The van der Waals surface area contributed by atoms with E-state index < -0.39 is 0 Å². The molecule has 3 aromatic heterocycles. The number of ether oxygens (including phenoxy) is 1. The predicted octanol–water partition coefficient (Wildman–Crippen LogP) is 5.42. The standard InChI is InChI=1S/C29H33N7O/c1-6-37-21(5)28-19(3)33-36(20(28)4)27-14-25(31-17-32-27)13-26-18(2)29(34-35(26)16-23-7-8-23)24-11-9-22(15-30)10-12-24/h9-12,14,17,21,23H,6-8,13,16H2,1-5H3. The third-order valence-electron chi connectivity index (χ3n) is 7.18. The van der Waals surface area contributed by atoms with E-state index in [0.29, 0.717) is 24.5 Å². The molecule has 1 atom stereocenters. The molecule has 0 amide bonds. The van der Waals surface area contributed by atoms with Crippen LogP contribution in [0.4, 0.5) is 0 Å². The highest BCUT2D eigenvalue weighted by Gasteiger charge is 2.26. The molecule has 4 aromatic rings. The zero-order valence-corrected chi connectivity index (χ0v) is 22.2. The highest BCUT2D eigenvalue weighted by molar-refractivity contribution is 5.65. The van der Waals surface area contributed by atoms with Gasteiger partial charge in [0.05, 0.1) is 34.8 Å². The fraction of sp³-hybridized carbons (Fsp3) is 0.414. The summed E-state index contributed by atoms with van der Waals surface area (Å²) >= 11 is 0. The van der Waals surface area contributed by atoms with Gasteiger partial charge in [0.15, 0.2) is 5.82 Å². The van der Waals surface area contributed by atoms with Crippen molar-refractivity contribution in [3.8, 4) is 23.1 Å². The summed E-state index contributed by atoms with van der Waals surface area (Å²) in [4.78, 5) is 9.16. The van der Waals surface area contributed by atoms with Crippen LogP contribution in [0.5, 0.6) is 0 Å². The molecule has 0 spiro atoms. The molecule has 1 aliphatic carbocycles. The van der Waals surface area contributed by atoms with Gasteiger partial charge in [-0.2, -0.15) is 15.5 Å². The lowest BCUT2D eigenvalue weighted by molar-refractivity contribution is 0.0755. The van der Waals surface area contributed by atoms with Gasteiger partial charge in [-0.05, 0) is 71.1 Å². The molecule has 1 aliphatic rings. The van der Waals surface area contributed by atoms with Crippen LogP contribution in [0, 0.1) is 38.0 Å². The monoisotopic (exact) mass is 495 g/mol. The maximum Gasteiger partial charge on any atom is 0.157 e. The minimum Gasteiger partial charge on any atom is -0.374 e. The fourth-order valence-electron chi connectivity index (χ4n) is 5.05. The first-order chi connectivity index (χ1) is 17.9. The average Bonchev–Trinajstić information content (AvgIpc) is 3.60. The van der Waals surface area contributed by atoms with Crippen LogP contribution < -0.4 is 0 Å². The van der Waals surface area contributed by atoms with Crippen LogP contribution >= 0.6 is 0 Å². The maximum absolute atomic E-state index is 9.17. The van der Waals surface area contributed by atoms with E-state index in [1.54, 1.807) is 6.33 Å². The number of benzene rings is 1. The van der Waals surface area contributed by atoms with Crippen molar-refractivity contribution < 1.29 is 4.74 Å². The smallest absolute Gasteiger partial charge is 0.157 e. The van der Waals surface area contributed by atoms with Crippen molar-refractivity contribution in [1.29, 1.82) is 5.26 Å². The summed E-state index contributed by atoms with van der Waals surface area (Å²) in [6, 6.07) is 11.9. The Morgan fingerprint density at radius 3 is 2.54 bits per heavy atom. The molecule has 3 heterocycles. The lowest BCUT2D eigenvalue weighted by Gasteiger charge is -2.12. The van der Waals surface area contributed by atoms with Gasteiger partial charge in [-0.25, -0.2) is 14.6 Å². The third kappa shape index (κ3) is 5.05. The molecule has 0 saturated heterocycles. The second-order valence-electron chi connectivity index (χ2n) is 9.87. The Balaban J connectivity index is 1.48. The number of nitrogens with zero attached hydrogens (tertiary/aromatic N) is 7. The molecule has 0 aliphatic heterocycles. The van der Waals surface area contributed by atoms with Crippen molar-refractivity contribution in [1.82, 2.24) is 29.5 Å². The average molecular weight is 496 g/mol. The van der Waals surface area contributed by atoms with Crippen LogP contribution in [-0.4, -0.2) is 36.1 Å². The molecule has 37 heavy (non-hydrogen) atoms. The van der Waals surface area contributed by atoms with Gasteiger partial charge in [-0.3, -0.25) is 4.68 Å². The van der Waals surface area contributed by atoms with Gasteiger partial charge in [0.1, 0.15) is 6.33 Å². The van der Waals surface area contributed by atoms with Crippen LogP contribution in [0.1, 0.15) is 72.3 Å². The Hall–Kier alpha value is -3.83. The van der Waals surface area contributed by atoms with Crippen molar-refractivity contribution in [2.45, 2.75) is 66.5 Å². The lowest BCUT2D eigenvalue weighted by atomic mass is 10.0. The van der Waals surface area contributed by atoms with E-state index in [9.17, 15) is 0 Å². The molecule has 8 nitrogen and oxygen atoms in total. The van der Waals surface area contributed by atoms with Gasteiger partial charge in [0.2, 0.25) is 0 Å². The topological polar surface area (TPSA) is 94.4 Å². The third-order valence-corrected chi connectivity index (χ3v) is 7.18. The molecular formula is C29H33N7O. The summed E-state index contributed by atoms with van der Waals surface area (Å²) < 4.78 is 9.90. The molecule has 1 fully saturated rings. The summed E-state index contributed by atoms with van der Waals surface area (Å²) in [5.41, 5.74) is 8.94. The summed E-state index contributed by atoms with van der Waals surface area (Å²) in [5, 5.41) is 19.0. The summed E-state index contributed by atoms with van der Waals surface area (Å²) in [6.07, 6.45) is 4.75. The summed E-state index contributed by atoms with van der Waals surface area (Å²) in [7, 11) is 0. The van der Waals surface area contributed by atoms with E-state index in [1.807, 2.05) is 48.9 Å². The SMILES string of the molecule is CCOC(C)c1c(C)nn(-c2cc(Cc3c(C)c(-c4ccc(C#N)cc4)nn3CC3CC3)ncn2)c1C. The summed E-state index contributed by atoms with van der Waals surface area (Å²) in [6.45, 7) is 11.8. The lowest BCUT2D eigenvalue weighted by Crippen LogP contribution is -2.10. The minimum absolute atomic E-state index is 0.0277. The van der Waals surface area contributed by atoms with Gasteiger partial charge >= 0.3 is 0 Å². The number of hydrogen-bond donors (Lipinski definition) is 0. The van der Waals surface area contributed by atoms with E-state index in [1.165, 1.54) is 12.8 Å². The Morgan fingerprint density at radius 1 is 1.11 bits per heavy atom. The van der Waals surface area contributed by atoms with Crippen molar-refractivity contribution in [3.05, 3.63) is 76.1 Å². The molecule has 0 bridgehead atoms. The van der Waals surface area contributed by atoms with E-state index in [0.717, 1.165) is 57.5 Å². The second-order valence-corrected chi connectivity index (χ2v) is 9.87. The molecule has 1 unspecified atom stereocenters. The molecule has 0 radical (unpaired) electrons. The fourth-order valence-corrected chi connectivity index (χ4v) is 5.05. The van der Waals surface area contributed by atoms with E-state index in [4.69, 9.17) is 20.2 Å². The molecule has 1 saturated carbocycles. The Morgan fingerprint density at radius 2 is 1.86 bits per heavy atom. The molecule has 1 aromatic carbocycles. The first-order valence-electron chi connectivity index (χ1n) is 12.9. The highest BCUT2D eigenvalue weighted by atomic mass is 16.5. The van der Waals surface area contributed by atoms with Gasteiger partial charge < -0.3 is 4.74 Å². The van der Waals surface area contributed by atoms with E-state index in [-0.39, 0.29) is 6.10 Å². The first kappa shape index (κ1) is 24.8. The largest absolute Gasteiger partial charge is 0.374 e. The normalized spacial score (nSPS) is 14.1. The maximum atomic E-state index is 9.17. The molecule has 5 rings (SSSR count). The highest BCUT2D eigenvalue weighted by Crippen LogP contribution is 2.34. The van der Waals surface area contributed by atoms with Gasteiger partial charge in [0.25, 0.3) is 0 Å². The molecule has 8 heteroatoms. The van der Waals surface area contributed by atoms with Crippen LogP contribution in [0.3, 0.4) is 0 Å². The number of nitriles is 1. The number of aromatic nitrogens is 6. The van der Waals surface area contributed by atoms with Crippen molar-refractivity contribution >= 4 is 0 Å². The molecular weight excluding hydrogens is 462 g/mol. The van der Waals surface area contributed by atoms with Gasteiger partial charge in [-0.15, -0.1) is 0 Å². The zero-order valence-electron chi connectivity index (χ0n) is 22.2. The van der Waals surface area contributed by atoms with E-state index >= 15 is 0 Å². The van der Waals surface area contributed by atoms with Gasteiger partial charge in [-0.1, -0.05) is 12.1 Å². The van der Waals surface area contributed by atoms with Crippen molar-refractivity contribution in [3.63, 3.8) is 0 Å². The number of hydrogen-bond acceptors (Lipinski definition) is 6. The predicted molar refractivity (Wildman–Crippen MR) is 141 cm³/mol. The second kappa shape index (κ2) is 10.3. The van der Waals surface area contributed by atoms with Crippen molar-refractivity contribution in [2.75, 3.05) is 6.61 Å². The van der Waals surface area contributed by atoms with Crippen LogP contribution in [0.2, 0.25) is 0 Å². The molecule has 190 valence electrons. The minimum atomic E-state index is -0.0277. The number of aryl methyl sites for hydroxylation is 1. The first-order valence-corrected chi connectivity index (χ1v) is 12.9. The van der Waals surface area contributed by atoms with Crippen molar-refractivity contribution in [2.24, 2.45) is 5.92 Å². The number of rotatable bonds is 9. The Labute approximate surface area is 218 Å².